The van der Waals surface area contributed by atoms with Gasteiger partial charge in [0.15, 0.2) is 0 Å². The second-order valence-corrected chi connectivity index (χ2v) is 12.4. The summed E-state index contributed by atoms with van der Waals surface area (Å²) in [6.45, 7) is 14.9. The molecule has 0 amide bonds. The summed E-state index contributed by atoms with van der Waals surface area (Å²) in [5.41, 5.74) is 6.05. The number of hydrogen-bond acceptors (Lipinski definition) is 1. The van der Waals surface area contributed by atoms with Gasteiger partial charge in [-0.05, 0) is 112 Å². The van der Waals surface area contributed by atoms with Crippen LogP contribution < -0.4 is 0 Å². The minimum absolute atomic E-state index is 0.0869. The standard InChI is InChI=1S/C29H48O/c1-7-21(19(2)3)9-8-20(4)25-12-13-26-24-11-10-22-18-23(30)14-16-28(22,5)27(24)15-17-29(25,26)6/h10,19,21,23-24,26-27,30H,7-9,11-18H2,1-6H3. The molecule has 0 spiro atoms. The van der Waals surface area contributed by atoms with E-state index in [-0.39, 0.29) is 6.10 Å². The van der Waals surface area contributed by atoms with Gasteiger partial charge in [0.05, 0.1) is 6.10 Å². The maximum Gasteiger partial charge on any atom is 0.0577 e. The first-order chi connectivity index (χ1) is 14.2. The topological polar surface area (TPSA) is 20.2 Å². The second kappa shape index (κ2) is 8.42. The van der Waals surface area contributed by atoms with Gasteiger partial charge < -0.3 is 5.11 Å². The Labute approximate surface area is 186 Å². The third kappa shape index (κ3) is 3.66. The summed E-state index contributed by atoms with van der Waals surface area (Å²) in [6.07, 6.45) is 16.6. The molecule has 1 nitrogen and oxygen atoms in total. The fourth-order valence-corrected chi connectivity index (χ4v) is 8.72. The molecule has 7 atom stereocenters. The summed E-state index contributed by atoms with van der Waals surface area (Å²) >= 11 is 0. The minimum Gasteiger partial charge on any atom is -0.393 e. The second-order valence-electron chi connectivity index (χ2n) is 12.4. The van der Waals surface area contributed by atoms with Crippen LogP contribution in [-0.2, 0) is 0 Å². The fraction of sp³-hybridized carbons (Fsp3) is 0.862. The molecule has 4 aliphatic carbocycles. The lowest BCUT2D eigenvalue weighted by Gasteiger charge is -2.57. The van der Waals surface area contributed by atoms with E-state index >= 15 is 0 Å². The number of aliphatic hydroxyl groups is 1. The van der Waals surface area contributed by atoms with Crippen LogP contribution in [0.1, 0.15) is 112 Å². The van der Waals surface area contributed by atoms with Crippen molar-refractivity contribution >= 4 is 0 Å². The SMILES string of the molecule is CCC(CCC(C)=C1CCC2C3CC=C4CC(O)CCC4(C)C3CCC12C)C(C)C. The first kappa shape index (κ1) is 22.6. The Bertz CT molecular complexity index is 699. The fourth-order valence-electron chi connectivity index (χ4n) is 8.72. The third-order valence-corrected chi connectivity index (χ3v) is 10.7. The van der Waals surface area contributed by atoms with E-state index in [1.807, 2.05) is 5.57 Å². The predicted molar refractivity (Wildman–Crippen MR) is 128 cm³/mol. The molecule has 3 fully saturated rings. The van der Waals surface area contributed by atoms with E-state index in [0.717, 1.165) is 42.4 Å². The van der Waals surface area contributed by atoms with Gasteiger partial charge in [0.1, 0.15) is 0 Å². The number of hydrogen-bond donors (Lipinski definition) is 1. The highest BCUT2D eigenvalue weighted by molar-refractivity contribution is 5.31. The minimum atomic E-state index is -0.0869. The molecule has 4 aliphatic rings. The van der Waals surface area contributed by atoms with Crippen LogP contribution in [0, 0.1) is 40.4 Å². The van der Waals surface area contributed by atoms with Crippen LogP contribution in [0.4, 0.5) is 0 Å². The van der Waals surface area contributed by atoms with Crippen LogP contribution in [0.15, 0.2) is 22.8 Å². The summed E-state index contributed by atoms with van der Waals surface area (Å²) in [6, 6.07) is 0. The van der Waals surface area contributed by atoms with Gasteiger partial charge in [0, 0.05) is 0 Å². The molecule has 4 rings (SSSR count). The molecule has 0 aromatic carbocycles. The van der Waals surface area contributed by atoms with Gasteiger partial charge >= 0.3 is 0 Å². The maximum atomic E-state index is 10.2. The number of rotatable bonds is 5. The molecule has 0 aromatic heterocycles. The first-order valence-electron chi connectivity index (χ1n) is 13.3. The molecule has 0 aliphatic heterocycles. The zero-order chi connectivity index (χ0) is 21.7. The molecule has 0 aromatic rings. The quantitative estimate of drug-likeness (QED) is 0.452. The van der Waals surface area contributed by atoms with Crippen molar-refractivity contribution in [3.05, 3.63) is 22.8 Å². The van der Waals surface area contributed by atoms with Gasteiger partial charge in [-0.3, -0.25) is 0 Å². The maximum absolute atomic E-state index is 10.2. The highest BCUT2D eigenvalue weighted by Gasteiger charge is 2.57. The Morgan fingerprint density at radius 1 is 1.10 bits per heavy atom. The lowest BCUT2D eigenvalue weighted by Crippen LogP contribution is -2.49. The van der Waals surface area contributed by atoms with Crippen molar-refractivity contribution in [2.24, 2.45) is 40.4 Å². The molecule has 1 heteroatoms. The summed E-state index contributed by atoms with van der Waals surface area (Å²) in [7, 11) is 0. The van der Waals surface area contributed by atoms with Crippen LogP contribution >= 0.6 is 0 Å². The van der Waals surface area contributed by atoms with Crippen molar-refractivity contribution in [1.82, 2.24) is 0 Å². The Hall–Kier alpha value is -0.560. The molecule has 170 valence electrons. The highest BCUT2D eigenvalue weighted by atomic mass is 16.3. The van der Waals surface area contributed by atoms with Gasteiger partial charge in [0.25, 0.3) is 0 Å². The Morgan fingerprint density at radius 3 is 2.50 bits per heavy atom. The molecule has 0 bridgehead atoms. The summed E-state index contributed by atoms with van der Waals surface area (Å²) in [4.78, 5) is 0. The van der Waals surface area contributed by atoms with Crippen LogP contribution in [0.3, 0.4) is 0 Å². The molecule has 0 heterocycles. The molecular formula is C29H48O. The van der Waals surface area contributed by atoms with Gasteiger partial charge in [0.2, 0.25) is 0 Å². The van der Waals surface area contributed by atoms with Crippen LogP contribution in [0.25, 0.3) is 0 Å². The molecule has 30 heavy (non-hydrogen) atoms. The van der Waals surface area contributed by atoms with E-state index in [4.69, 9.17) is 0 Å². The molecule has 7 unspecified atom stereocenters. The smallest absolute Gasteiger partial charge is 0.0577 e. The lowest BCUT2D eigenvalue weighted by atomic mass is 9.47. The summed E-state index contributed by atoms with van der Waals surface area (Å²) in [5, 5.41) is 10.2. The van der Waals surface area contributed by atoms with Gasteiger partial charge in [-0.15, -0.1) is 0 Å². The lowest BCUT2D eigenvalue weighted by molar-refractivity contribution is -0.0270. The average molecular weight is 413 g/mol. The van der Waals surface area contributed by atoms with Crippen molar-refractivity contribution in [3.63, 3.8) is 0 Å². The number of fused-ring (bicyclic) bond motifs is 5. The van der Waals surface area contributed by atoms with E-state index in [1.54, 1.807) is 11.1 Å². The normalized spacial score (nSPS) is 43.5. The largest absolute Gasteiger partial charge is 0.393 e. The van der Waals surface area contributed by atoms with E-state index in [0.29, 0.717) is 10.8 Å². The van der Waals surface area contributed by atoms with Gasteiger partial charge in [-0.25, -0.2) is 0 Å². The van der Waals surface area contributed by atoms with E-state index in [2.05, 4.69) is 47.6 Å². The molecule has 0 saturated heterocycles. The molecule has 1 N–H and O–H groups in total. The first-order valence-corrected chi connectivity index (χ1v) is 13.3. The van der Waals surface area contributed by atoms with Gasteiger partial charge in [-0.1, -0.05) is 63.8 Å². The Kier molecular flexibility index (Phi) is 6.35. The zero-order valence-corrected chi connectivity index (χ0v) is 20.8. The summed E-state index contributed by atoms with van der Waals surface area (Å²) < 4.78 is 0. The van der Waals surface area contributed by atoms with Crippen LogP contribution in [0.5, 0.6) is 0 Å². The predicted octanol–water partition coefficient (Wildman–Crippen LogP) is 8.09. The van der Waals surface area contributed by atoms with E-state index < -0.39 is 0 Å². The highest BCUT2D eigenvalue weighted by Crippen LogP contribution is 2.66. The Balaban J connectivity index is 1.54. The Morgan fingerprint density at radius 2 is 1.80 bits per heavy atom. The van der Waals surface area contributed by atoms with Crippen molar-refractivity contribution in [2.45, 2.75) is 118 Å². The number of allylic oxidation sites excluding steroid dienone is 3. The molecular weight excluding hydrogens is 364 g/mol. The van der Waals surface area contributed by atoms with Crippen LogP contribution in [0.2, 0.25) is 0 Å². The van der Waals surface area contributed by atoms with E-state index in [9.17, 15) is 5.11 Å². The van der Waals surface area contributed by atoms with Crippen LogP contribution in [-0.4, -0.2) is 11.2 Å². The average Bonchev–Trinajstić information content (AvgIpc) is 3.06. The molecule has 3 saturated carbocycles. The van der Waals surface area contributed by atoms with Crippen molar-refractivity contribution in [1.29, 1.82) is 0 Å². The van der Waals surface area contributed by atoms with Crippen molar-refractivity contribution in [2.75, 3.05) is 0 Å². The van der Waals surface area contributed by atoms with Crippen molar-refractivity contribution < 1.29 is 5.11 Å². The monoisotopic (exact) mass is 412 g/mol. The van der Waals surface area contributed by atoms with E-state index in [1.165, 1.54) is 57.8 Å². The van der Waals surface area contributed by atoms with Crippen molar-refractivity contribution in [3.8, 4) is 0 Å². The van der Waals surface area contributed by atoms with Gasteiger partial charge in [-0.2, -0.15) is 0 Å². The zero-order valence-electron chi connectivity index (χ0n) is 20.8. The third-order valence-electron chi connectivity index (χ3n) is 10.7. The number of aliphatic hydroxyl groups excluding tert-OH is 1. The summed E-state index contributed by atoms with van der Waals surface area (Å²) in [5.74, 6) is 4.30. The molecule has 0 radical (unpaired) electrons.